The Hall–Kier alpha value is -1.04. The molecule has 1 heterocycles. The van der Waals surface area contributed by atoms with Gasteiger partial charge in [-0.15, -0.1) is 0 Å². The average Bonchev–Trinajstić information content (AvgIpc) is 2.63. The lowest BCUT2D eigenvalue weighted by molar-refractivity contribution is -0.144. The second kappa shape index (κ2) is 6.93. The SMILES string of the molecule is CCCN(C(=O)[C@H](C)CSC)[C@H]1CC(=O)N(C)C1=O. The summed E-state index contributed by atoms with van der Waals surface area (Å²) in [6, 6.07) is -0.603. The molecule has 0 aromatic rings. The van der Waals surface area contributed by atoms with Crippen LogP contribution in [0, 0.1) is 5.92 Å². The molecule has 0 aromatic heterocycles. The lowest BCUT2D eigenvalue weighted by Crippen LogP contribution is -2.47. The van der Waals surface area contributed by atoms with Gasteiger partial charge in [-0.25, -0.2) is 0 Å². The van der Waals surface area contributed by atoms with Crippen LogP contribution in [-0.4, -0.2) is 59.2 Å². The first kappa shape index (κ1) is 16.0. The number of likely N-dealkylation sites (N-methyl/N-ethyl adjacent to an activating group) is 1. The smallest absolute Gasteiger partial charge is 0.252 e. The second-order valence-electron chi connectivity index (χ2n) is 4.90. The van der Waals surface area contributed by atoms with E-state index in [1.54, 1.807) is 16.7 Å². The molecule has 1 aliphatic rings. The molecule has 0 aromatic carbocycles. The maximum atomic E-state index is 12.4. The van der Waals surface area contributed by atoms with Crippen LogP contribution in [0.15, 0.2) is 0 Å². The summed E-state index contributed by atoms with van der Waals surface area (Å²) in [7, 11) is 1.48. The van der Waals surface area contributed by atoms with Crippen LogP contribution in [0.4, 0.5) is 0 Å². The number of imide groups is 1. The minimum absolute atomic E-state index is 0.0300. The molecule has 0 radical (unpaired) electrons. The van der Waals surface area contributed by atoms with Gasteiger partial charge >= 0.3 is 0 Å². The maximum absolute atomic E-state index is 12.4. The number of carbonyl (C=O) groups excluding carboxylic acids is 3. The number of hydrogen-bond acceptors (Lipinski definition) is 4. The molecule has 108 valence electrons. The van der Waals surface area contributed by atoms with Crippen molar-refractivity contribution in [3.63, 3.8) is 0 Å². The van der Waals surface area contributed by atoms with Crippen molar-refractivity contribution in [2.45, 2.75) is 32.7 Å². The first-order chi connectivity index (χ1) is 8.93. The van der Waals surface area contributed by atoms with Crippen LogP contribution in [-0.2, 0) is 14.4 Å². The summed E-state index contributed by atoms with van der Waals surface area (Å²) in [4.78, 5) is 38.7. The molecule has 5 nitrogen and oxygen atoms in total. The lowest BCUT2D eigenvalue weighted by Gasteiger charge is -2.29. The van der Waals surface area contributed by atoms with Gasteiger partial charge in [-0.05, 0) is 12.7 Å². The molecule has 0 unspecified atom stereocenters. The van der Waals surface area contributed by atoms with Gasteiger partial charge < -0.3 is 4.90 Å². The summed E-state index contributed by atoms with van der Waals surface area (Å²) >= 11 is 1.61. The van der Waals surface area contributed by atoms with Crippen LogP contribution in [0.2, 0.25) is 0 Å². The molecule has 0 aliphatic carbocycles. The Balaban J connectivity index is 2.86. The van der Waals surface area contributed by atoms with Gasteiger partial charge in [0.1, 0.15) is 6.04 Å². The summed E-state index contributed by atoms with van der Waals surface area (Å²) in [5.74, 6) is 0.0987. The minimum atomic E-state index is -0.603. The standard InChI is InChI=1S/C13H22N2O3S/c1-5-6-15(12(17)9(2)8-19-4)10-7-11(16)14(3)13(10)18/h9-10H,5-8H2,1-4H3/t9-,10+/m1/s1. The predicted molar refractivity (Wildman–Crippen MR) is 75.7 cm³/mol. The molecule has 0 spiro atoms. The van der Waals surface area contributed by atoms with E-state index in [4.69, 9.17) is 0 Å². The van der Waals surface area contributed by atoms with E-state index in [2.05, 4.69) is 0 Å². The Morgan fingerprint density at radius 1 is 1.53 bits per heavy atom. The molecule has 19 heavy (non-hydrogen) atoms. The average molecular weight is 286 g/mol. The van der Waals surface area contributed by atoms with Gasteiger partial charge in [-0.1, -0.05) is 13.8 Å². The molecule has 6 heteroatoms. The molecule has 0 bridgehead atoms. The van der Waals surface area contributed by atoms with E-state index in [9.17, 15) is 14.4 Å². The monoisotopic (exact) mass is 286 g/mol. The fourth-order valence-electron chi connectivity index (χ4n) is 2.24. The van der Waals surface area contributed by atoms with E-state index in [1.807, 2.05) is 20.1 Å². The molecule has 0 N–H and O–H groups in total. The Morgan fingerprint density at radius 2 is 2.16 bits per heavy atom. The second-order valence-corrected chi connectivity index (χ2v) is 5.81. The quantitative estimate of drug-likeness (QED) is 0.683. The summed E-state index contributed by atoms with van der Waals surface area (Å²) < 4.78 is 0. The first-order valence-electron chi connectivity index (χ1n) is 6.53. The van der Waals surface area contributed by atoms with Gasteiger partial charge in [0, 0.05) is 25.3 Å². The molecule has 2 atom stereocenters. The Morgan fingerprint density at radius 3 is 2.58 bits per heavy atom. The summed E-state index contributed by atoms with van der Waals surface area (Å²) in [6.45, 7) is 4.35. The van der Waals surface area contributed by atoms with E-state index in [0.717, 1.165) is 17.1 Å². The largest absolute Gasteiger partial charge is 0.330 e. The Labute approximate surface area is 118 Å². The molecule has 1 fully saturated rings. The maximum Gasteiger partial charge on any atom is 0.252 e. The Bertz CT molecular complexity index is 373. The number of carbonyl (C=O) groups is 3. The van der Waals surface area contributed by atoms with Crippen LogP contribution in [0.1, 0.15) is 26.7 Å². The predicted octanol–water partition coefficient (Wildman–Crippen LogP) is 0.981. The fourth-order valence-corrected chi connectivity index (χ4v) is 2.89. The highest BCUT2D eigenvalue weighted by Crippen LogP contribution is 2.20. The van der Waals surface area contributed by atoms with E-state index < -0.39 is 6.04 Å². The molecule has 0 saturated carbocycles. The third-order valence-corrected chi connectivity index (χ3v) is 4.15. The fraction of sp³-hybridized carbons (Fsp3) is 0.769. The van der Waals surface area contributed by atoms with Crippen LogP contribution >= 0.6 is 11.8 Å². The summed E-state index contributed by atoms with van der Waals surface area (Å²) in [6.07, 6.45) is 2.85. The van der Waals surface area contributed by atoms with Crippen molar-refractivity contribution in [1.82, 2.24) is 9.80 Å². The van der Waals surface area contributed by atoms with Gasteiger partial charge in [0.25, 0.3) is 5.91 Å². The molecular formula is C13H22N2O3S. The topological polar surface area (TPSA) is 57.7 Å². The van der Waals surface area contributed by atoms with Crippen molar-refractivity contribution in [1.29, 1.82) is 0 Å². The number of rotatable bonds is 6. The highest BCUT2D eigenvalue weighted by Gasteiger charge is 2.42. The van der Waals surface area contributed by atoms with E-state index >= 15 is 0 Å². The van der Waals surface area contributed by atoms with Crippen molar-refractivity contribution >= 4 is 29.5 Å². The molecule has 1 rings (SSSR count). The third-order valence-electron chi connectivity index (χ3n) is 3.32. The summed E-state index contributed by atoms with van der Waals surface area (Å²) in [5.41, 5.74) is 0. The highest BCUT2D eigenvalue weighted by molar-refractivity contribution is 7.98. The van der Waals surface area contributed by atoms with Crippen LogP contribution in [0.5, 0.6) is 0 Å². The lowest BCUT2D eigenvalue weighted by atomic mass is 10.1. The van der Waals surface area contributed by atoms with Gasteiger partial charge in [-0.3, -0.25) is 19.3 Å². The van der Waals surface area contributed by atoms with Crippen LogP contribution < -0.4 is 0 Å². The number of hydrogen-bond donors (Lipinski definition) is 0. The third kappa shape index (κ3) is 3.49. The zero-order valence-corrected chi connectivity index (χ0v) is 12.8. The first-order valence-corrected chi connectivity index (χ1v) is 7.93. The van der Waals surface area contributed by atoms with Crippen molar-refractivity contribution < 1.29 is 14.4 Å². The van der Waals surface area contributed by atoms with Crippen molar-refractivity contribution in [2.75, 3.05) is 25.6 Å². The van der Waals surface area contributed by atoms with Crippen molar-refractivity contribution in [2.24, 2.45) is 5.92 Å². The van der Waals surface area contributed by atoms with Gasteiger partial charge in [0.2, 0.25) is 11.8 Å². The van der Waals surface area contributed by atoms with Gasteiger partial charge in [0.15, 0.2) is 0 Å². The normalized spacial score (nSPS) is 20.8. The molecule has 1 aliphatic heterocycles. The number of likely N-dealkylation sites (tertiary alicyclic amines) is 1. The Kier molecular flexibility index (Phi) is 5.85. The van der Waals surface area contributed by atoms with E-state index in [-0.39, 0.29) is 30.1 Å². The molecule has 3 amide bonds. The summed E-state index contributed by atoms with van der Waals surface area (Å²) in [5, 5.41) is 0. The number of amides is 3. The number of nitrogens with zero attached hydrogens (tertiary/aromatic N) is 2. The molecule has 1 saturated heterocycles. The van der Waals surface area contributed by atoms with Crippen LogP contribution in [0.25, 0.3) is 0 Å². The highest BCUT2D eigenvalue weighted by atomic mass is 32.2. The minimum Gasteiger partial charge on any atom is -0.330 e. The zero-order valence-electron chi connectivity index (χ0n) is 12.0. The molecular weight excluding hydrogens is 264 g/mol. The van der Waals surface area contributed by atoms with E-state index in [1.165, 1.54) is 7.05 Å². The van der Waals surface area contributed by atoms with Gasteiger partial charge in [0.05, 0.1) is 6.42 Å². The van der Waals surface area contributed by atoms with E-state index in [0.29, 0.717) is 6.54 Å². The van der Waals surface area contributed by atoms with Gasteiger partial charge in [-0.2, -0.15) is 11.8 Å². The number of thioether (sulfide) groups is 1. The van der Waals surface area contributed by atoms with Crippen LogP contribution in [0.3, 0.4) is 0 Å². The van der Waals surface area contributed by atoms with Crippen molar-refractivity contribution in [3.8, 4) is 0 Å². The zero-order chi connectivity index (χ0) is 14.6. The van der Waals surface area contributed by atoms with Crippen molar-refractivity contribution in [3.05, 3.63) is 0 Å².